The average Bonchev–Trinajstić information content (AvgIpc) is 3.01. The number of hydrogen-bond donors (Lipinski definition) is 0. The van der Waals surface area contributed by atoms with Gasteiger partial charge >= 0.3 is 25.8 Å². The number of ketones is 1. The van der Waals surface area contributed by atoms with Crippen molar-refractivity contribution in [1.82, 2.24) is 0 Å². The van der Waals surface area contributed by atoms with E-state index in [0.29, 0.717) is 37.6 Å². The molecule has 0 N–H and O–H groups in total. The summed E-state index contributed by atoms with van der Waals surface area (Å²) in [4.78, 5) is 43.0. The van der Waals surface area contributed by atoms with E-state index in [1.807, 2.05) is 37.5 Å². The summed E-state index contributed by atoms with van der Waals surface area (Å²) in [5.41, 5.74) is -2.34. The minimum atomic E-state index is -4.96. The number of benzene rings is 2. The van der Waals surface area contributed by atoms with E-state index in [1.165, 1.54) is 24.3 Å². The van der Waals surface area contributed by atoms with Crippen molar-refractivity contribution in [3.05, 3.63) is 86.6 Å². The average molecular weight is 655 g/mol. The molecule has 47 heavy (non-hydrogen) atoms. The van der Waals surface area contributed by atoms with Crippen LogP contribution in [0.2, 0.25) is 0 Å². The lowest BCUT2D eigenvalue weighted by Gasteiger charge is -2.35. The number of rotatable bonds is 11. The van der Waals surface area contributed by atoms with Crippen LogP contribution < -0.4 is 30.4 Å². The van der Waals surface area contributed by atoms with E-state index in [-0.39, 0.29) is 21.9 Å². The maximum Gasteiger partial charge on any atom is 0.796 e. The second-order valence-corrected chi connectivity index (χ2v) is 10.3. The summed E-state index contributed by atoms with van der Waals surface area (Å²) in [5, 5.41) is 0.0200. The van der Waals surface area contributed by atoms with Crippen molar-refractivity contribution in [1.29, 1.82) is 0 Å². The number of allylic oxidation sites excluding steroid dienone is 3. The van der Waals surface area contributed by atoms with Crippen LogP contribution in [-0.4, -0.2) is 46.5 Å². The molecule has 1 aliphatic heterocycles. The smallest absolute Gasteiger partial charge is 0.627 e. The van der Waals surface area contributed by atoms with Crippen molar-refractivity contribution in [3.63, 3.8) is 0 Å². The van der Waals surface area contributed by atoms with E-state index in [2.05, 4.69) is 9.31 Å². The predicted molar refractivity (Wildman–Crippen MR) is 172 cm³/mol. The Morgan fingerprint density at radius 3 is 1.98 bits per heavy atom. The molecule has 1 aliphatic rings. The first-order chi connectivity index (χ1) is 22.4. The van der Waals surface area contributed by atoms with Crippen LogP contribution in [0.5, 0.6) is 11.5 Å². The second kappa shape index (κ2) is 13.3. The third kappa shape index (κ3) is 6.58. The summed E-state index contributed by atoms with van der Waals surface area (Å²) >= 11 is 0. The van der Waals surface area contributed by atoms with E-state index >= 15 is 0 Å². The van der Waals surface area contributed by atoms with Crippen LogP contribution in [0.4, 0.5) is 28.6 Å². The SMILES string of the molecule is CCN(CC)c1ccc2c(OB(F)F)c(C(=O)/C=C/C=C3\O[B-](F)(F)Oc4c3c(=O)oc3cc(N(CC)CC)ccc43)c(=O)oc2c1. The Labute approximate surface area is 266 Å². The predicted octanol–water partition coefficient (Wildman–Crippen LogP) is 6.46. The fourth-order valence-corrected chi connectivity index (χ4v) is 5.45. The zero-order chi connectivity index (χ0) is 34.0. The highest BCUT2D eigenvalue weighted by Gasteiger charge is 2.41. The van der Waals surface area contributed by atoms with Gasteiger partial charge in [-0.2, -0.15) is 0 Å². The molecule has 16 heteroatoms. The first kappa shape index (κ1) is 33.2. The lowest BCUT2D eigenvalue weighted by molar-refractivity contribution is 0.104. The first-order valence-corrected chi connectivity index (χ1v) is 14.9. The Bertz CT molecular complexity index is 2020. The van der Waals surface area contributed by atoms with Gasteiger partial charge in [-0.1, -0.05) is 6.08 Å². The quantitative estimate of drug-likeness (QED) is 0.0587. The molecule has 246 valence electrons. The highest BCUT2D eigenvalue weighted by molar-refractivity contribution is 6.54. The lowest BCUT2D eigenvalue weighted by atomic mass is 10.0. The van der Waals surface area contributed by atoms with Crippen molar-refractivity contribution in [2.24, 2.45) is 0 Å². The third-order valence-corrected chi connectivity index (χ3v) is 7.66. The van der Waals surface area contributed by atoms with Gasteiger partial charge in [-0.05, 0) is 64.1 Å². The molecule has 0 unspecified atom stereocenters. The Morgan fingerprint density at radius 1 is 0.851 bits per heavy atom. The summed E-state index contributed by atoms with van der Waals surface area (Å²) in [7, 11) is -8.35. The van der Waals surface area contributed by atoms with Crippen LogP contribution in [0.1, 0.15) is 43.6 Å². The second-order valence-electron chi connectivity index (χ2n) is 10.3. The van der Waals surface area contributed by atoms with Crippen LogP contribution in [-0.2, 0) is 4.65 Å². The molecule has 5 rings (SSSR count). The maximum atomic E-state index is 14.7. The van der Waals surface area contributed by atoms with Crippen LogP contribution in [0.3, 0.4) is 0 Å². The number of halogens is 4. The van der Waals surface area contributed by atoms with Gasteiger partial charge in [-0.25, -0.2) is 18.2 Å². The number of carbonyl (C=O) groups is 1. The van der Waals surface area contributed by atoms with Gasteiger partial charge in [0.1, 0.15) is 33.8 Å². The summed E-state index contributed by atoms with van der Waals surface area (Å²) in [6.07, 6.45) is 2.51. The molecule has 0 atom stereocenters. The monoisotopic (exact) mass is 655 g/mol. The van der Waals surface area contributed by atoms with Gasteiger partial charge in [0.25, 0.3) is 0 Å². The summed E-state index contributed by atoms with van der Waals surface area (Å²) in [6.45, 7) is 10.2. The fraction of sp³-hybridized carbons (Fsp3) is 0.258. The largest absolute Gasteiger partial charge is 0.796 e. The van der Waals surface area contributed by atoms with Crippen molar-refractivity contribution < 1.29 is 44.9 Å². The fourth-order valence-electron chi connectivity index (χ4n) is 5.45. The number of fused-ring (bicyclic) bond motifs is 4. The molecule has 3 heterocycles. The number of anilines is 2. The molecule has 0 spiro atoms. The molecule has 0 amide bonds. The normalized spacial score (nSPS) is 14.6. The zero-order valence-electron chi connectivity index (χ0n) is 25.9. The molecule has 4 aromatic rings. The molecule has 2 aromatic carbocycles. The van der Waals surface area contributed by atoms with Gasteiger partial charge in [0.15, 0.2) is 5.78 Å². The molecule has 10 nitrogen and oxygen atoms in total. The Hall–Kier alpha value is -5.14. The summed E-state index contributed by atoms with van der Waals surface area (Å²) in [5.74, 6) is -3.00. The van der Waals surface area contributed by atoms with Crippen LogP contribution in [0.25, 0.3) is 27.7 Å². The number of hydrogen-bond acceptors (Lipinski definition) is 10. The zero-order valence-corrected chi connectivity index (χ0v) is 25.9. The number of nitrogens with zero attached hydrogens (tertiary/aromatic N) is 2. The minimum absolute atomic E-state index is 0.00975. The standard InChI is InChI=1S/C31H29B2F4N2O8/c1-5-38(6-2)18-12-14-20-24(16-18)43-30(41)26(28(20)45-32(34)35)22(40)10-9-11-23-27-29(47-33(36,37)46-23)21-15-13-19(39(7-3)8-4)17-25(21)44-31(27)42/h9-17H,5-8H2,1-4H3/q-1/b10-9+,23-11-. The van der Waals surface area contributed by atoms with Crippen molar-refractivity contribution in [2.75, 3.05) is 36.0 Å². The van der Waals surface area contributed by atoms with Crippen molar-refractivity contribution >= 4 is 59.4 Å². The first-order valence-electron chi connectivity index (χ1n) is 14.9. The molecule has 0 saturated carbocycles. The topological polar surface area (TPSA) is 112 Å². The van der Waals surface area contributed by atoms with Gasteiger partial charge in [0.2, 0.25) is 0 Å². The lowest BCUT2D eigenvalue weighted by Crippen LogP contribution is -2.40. The van der Waals surface area contributed by atoms with Gasteiger partial charge < -0.3 is 41.2 Å². The Kier molecular flexibility index (Phi) is 9.40. The van der Waals surface area contributed by atoms with Crippen LogP contribution >= 0.6 is 0 Å². The van der Waals surface area contributed by atoms with Gasteiger partial charge in [-0.15, -0.1) is 0 Å². The summed E-state index contributed by atoms with van der Waals surface area (Å²) in [6, 6.07) is 9.14. The van der Waals surface area contributed by atoms with E-state index in [9.17, 15) is 31.6 Å². The highest BCUT2D eigenvalue weighted by Crippen LogP contribution is 2.41. The van der Waals surface area contributed by atoms with Gasteiger partial charge in [-0.3, -0.25) is 4.79 Å². The van der Waals surface area contributed by atoms with Crippen LogP contribution in [0, 0.1) is 0 Å². The molecule has 2 aromatic heterocycles. The Morgan fingerprint density at radius 2 is 1.40 bits per heavy atom. The van der Waals surface area contributed by atoms with Gasteiger partial charge in [0.05, 0.1) is 16.5 Å². The van der Waals surface area contributed by atoms with E-state index < -0.39 is 60.0 Å². The molecular formula is C31H29B2F4N2O8-. The van der Waals surface area contributed by atoms with Crippen molar-refractivity contribution in [2.45, 2.75) is 27.7 Å². The Balaban J connectivity index is 1.56. The van der Waals surface area contributed by atoms with E-state index in [1.54, 1.807) is 12.1 Å². The molecule has 0 radical (unpaired) electrons. The highest BCUT2D eigenvalue weighted by atomic mass is 19.3. The van der Waals surface area contributed by atoms with Crippen molar-refractivity contribution in [3.8, 4) is 11.5 Å². The molecule has 0 bridgehead atoms. The number of carbonyl (C=O) groups excluding carboxylic acids is 1. The molecular weight excluding hydrogens is 626 g/mol. The van der Waals surface area contributed by atoms with E-state index in [0.717, 1.165) is 18.2 Å². The molecule has 0 aliphatic carbocycles. The van der Waals surface area contributed by atoms with Gasteiger partial charge in [0, 0.05) is 49.7 Å². The van der Waals surface area contributed by atoms with Crippen LogP contribution in [0.15, 0.2) is 73.0 Å². The van der Waals surface area contributed by atoms with E-state index in [4.69, 9.17) is 13.5 Å². The molecule has 0 fully saturated rings. The third-order valence-electron chi connectivity index (χ3n) is 7.66. The minimum Gasteiger partial charge on any atom is -0.627 e. The molecule has 0 saturated heterocycles. The maximum absolute atomic E-state index is 14.7. The summed E-state index contributed by atoms with van der Waals surface area (Å²) < 4.78 is 81.0.